The number of likely N-dealkylation sites (tertiary alicyclic amines) is 1. The number of nitrogens with zero attached hydrogens (tertiary/aromatic N) is 3. The van der Waals surface area contributed by atoms with Gasteiger partial charge in [0.15, 0.2) is 0 Å². The number of imide groups is 1. The predicted octanol–water partition coefficient (Wildman–Crippen LogP) is 5.10. The van der Waals surface area contributed by atoms with Crippen LogP contribution in [0, 0.1) is 5.92 Å². The first-order valence-corrected chi connectivity index (χ1v) is 16.1. The molecule has 1 atom stereocenters. The van der Waals surface area contributed by atoms with E-state index in [0.717, 1.165) is 67.6 Å². The van der Waals surface area contributed by atoms with Crippen molar-refractivity contribution in [2.75, 3.05) is 53.4 Å². The van der Waals surface area contributed by atoms with Gasteiger partial charge in [0.1, 0.15) is 5.41 Å². The average molecular weight is 596 g/mol. The Kier molecular flexibility index (Phi) is 9.97. The van der Waals surface area contributed by atoms with Crippen LogP contribution in [-0.2, 0) is 10.2 Å². The maximum Gasteiger partial charge on any atom is 0.261 e. The van der Waals surface area contributed by atoms with Gasteiger partial charge in [-0.05, 0) is 68.0 Å². The van der Waals surface area contributed by atoms with Crippen molar-refractivity contribution in [1.82, 2.24) is 9.80 Å². The average Bonchev–Trinajstić information content (AvgIpc) is 3.59. The molecule has 0 spiro atoms. The van der Waals surface area contributed by atoms with Crippen LogP contribution in [0.25, 0.3) is 0 Å². The van der Waals surface area contributed by atoms with E-state index in [1.165, 1.54) is 24.2 Å². The molecular weight excluding hydrogens is 548 g/mol. The number of amides is 3. The third-order valence-corrected chi connectivity index (χ3v) is 9.78. The number of fused-ring (bicyclic) bond motifs is 1. The molecule has 0 aromatic heterocycles. The van der Waals surface area contributed by atoms with E-state index in [1.807, 2.05) is 72.8 Å². The fourth-order valence-electron chi connectivity index (χ4n) is 7.25. The summed E-state index contributed by atoms with van der Waals surface area (Å²) in [6.45, 7) is 5.10. The maximum absolute atomic E-state index is 13.3. The minimum absolute atomic E-state index is 0.130. The van der Waals surface area contributed by atoms with Crippen LogP contribution < -0.4 is 5.73 Å². The van der Waals surface area contributed by atoms with Crippen LogP contribution in [0.2, 0.25) is 0 Å². The summed E-state index contributed by atoms with van der Waals surface area (Å²) in [7, 11) is 4.36. The minimum atomic E-state index is -0.832. The molecule has 1 unspecified atom stereocenters. The summed E-state index contributed by atoms with van der Waals surface area (Å²) in [6.07, 6.45) is 6.75. The van der Waals surface area contributed by atoms with Gasteiger partial charge in [-0.3, -0.25) is 19.3 Å². The maximum atomic E-state index is 13.3. The van der Waals surface area contributed by atoms with Gasteiger partial charge in [-0.15, -0.1) is 0 Å². The van der Waals surface area contributed by atoms with Crippen LogP contribution in [0.1, 0.15) is 70.4 Å². The van der Waals surface area contributed by atoms with E-state index in [1.54, 1.807) is 12.1 Å². The Morgan fingerprint density at radius 3 is 1.84 bits per heavy atom. The van der Waals surface area contributed by atoms with E-state index < -0.39 is 5.41 Å². The topological polar surface area (TPSA) is 83.7 Å². The number of hydrogen-bond donors (Lipinski definition) is 1. The van der Waals surface area contributed by atoms with Gasteiger partial charge in [0.05, 0.1) is 44.9 Å². The lowest BCUT2D eigenvalue weighted by atomic mass is 9.64. The second-order valence-electron chi connectivity index (χ2n) is 13.1. The van der Waals surface area contributed by atoms with E-state index >= 15 is 0 Å². The fraction of sp³-hybridized carbons (Fsp3) is 0.432. The number of unbranched alkanes of at least 4 members (excludes halogenated alkanes) is 4. The first kappa shape index (κ1) is 31.6. The molecule has 232 valence electrons. The smallest absolute Gasteiger partial charge is 0.261 e. The standard InChI is InChI=1S/C37H46N4O3/c1-41(2,27-25-40-34(42)32-20-12-13-21-33(32)35(40)43)26-15-5-3-4-14-23-39-24-22-31(28-39)37(36(38)44,29-16-8-6-9-17-29)30-18-10-7-11-19-30/h6-13,16-21,31H,3-5,14-15,22-28H2,1-2H3,(H-,38,44)/p+1. The number of quaternary nitrogens is 1. The zero-order chi connectivity index (χ0) is 31.2. The van der Waals surface area contributed by atoms with Gasteiger partial charge < -0.3 is 15.1 Å². The van der Waals surface area contributed by atoms with Crippen molar-refractivity contribution < 1.29 is 18.9 Å². The third kappa shape index (κ3) is 6.64. The van der Waals surface area contributed by atoms with Gasteiger partial charge in [-0.25, -0.2) is 0 Å². The van der Waals surface area contributed by atoms with E-state index in [4.69, 9.17) is 5.73 Å². The SMILES string of the molecule is C[N+](C)(CCCCCCCN1CCC(C(C(N)=O)(c2ccccc2)c2ccccc2)C1)CCN1C(=O)c2ccccc2C1=O. The van der Waals surface area contributed by atoms with E-state index in [0.29, 0.717) is 17.7 Å². The van der Waals surface area contributed by atoms with Crippen molar-refractivity contribution in [3.63, 3.8) is 0 Å². The summed E-state index contributed by atoms with van der Waals surface area (Å²) in [6, 6.07) is 27.2. The Balaban J connectivity index is 1.04. The number of primary amides is 1. The largest absolute Gasteiger partial charge is 0.369 e. The lowest BCUT2D eigenvalue weighted by Gasteiger charge is -2.37. The molecule has 3 aromatic carbocycles. The molecule has 44 heavy (non-hydrogen) atoms. The highest BCUT2D eigenvalue weighted by molar-refractivity contribution is 6.21. The molecule has 2 aliphatic heterocycles. The first-order chi connectivity index (χ1) is 21.2. The Hall–Kier alpha value is -3.81. The highest BCUT2D eigenvalue weighted by Gasteiger charge is 2.49. The van der Waals surface area contributed by atoms with Crippen LogP contribution in [-0.4, -0.2) is 85.4 Å². The Morgan fingerprint density at radius 2 is 1.27 bits per heavy atom. The summed E-state index contributed by atoms with van der Waals surface area (Å²) in [5, 5.41) is 0. The number of rotatable bonds is 15. The number of benzene rings is 3. The fourth-order valence-corrected chi connectivity index (χ4v) is 7.25. The molecule has 7 nitrogen and oxygen atoms in total. The number of nitrogens with two attached hydrogens (primary N) is 1. The normalized spacial score (nSPS) is 17.3. The summed E-state index contributed by atoms with van der Waals surface area (Å²) in [4.78, 5) is 42.6. The van der Waals surface area contributed by atoms with Crippen molar-refractivity contribution in [3.05, 3.63) is 107 Å². The molecule has 0 bridgehead atoms. The molecule has 2 heterocycles. The molecule has 0 saturated carbocycles. The van der Waals surface area contributed by atoms with Gasteiger partial charge in [-0.2, -0.15) is 0 Å². The molecule has 3 amide bonds. The van der Waals surface area contributed by atoms with Crippen LogP contribution in [0.3, 0.4) is 0 Å². The molecule has 2 aliphatic rings. The predicted molar refractivity (Wildman–Crippen MR) is 174 cm³/mol. The second-order valence-corrected chi connectivity index (χ2v) is 13.1. The molecule has 0 aliphatic carbocycles. The molecular formula is C37H47N4O3+. The summed E-state index contributed by atoms with van der Waals surface area (Å²) < 4.78 is 0.785. The molecule has 3 aromatic rings. The van der Waals surface area contributed by atoms with Crippen molar-refractivity contribution >= 4 is 17.7 Å². The monoisotopic (exact) mass is 595 g/mol. The third-order valence-electron chi connectivity index (χ3n) is 9.78. The van der Waals surface area contributed by atoms with E-state index in [9.17, 15) is 14.4 Å². The number of carbonyl (C=O) groups excluding carboxylic acids is 3. The Labute approximate surface area is 262 Å². The Bertz CT molecular complexity index is 1360. The van der Waals surface area contributed by atoms with Crippen LogP contribution in [0.4, 0.5) is 0 Å². The lowest BCUT2D eigenvalue weighted by molar-refractivity contribution is -0.889. The van der Waals surface area contributed by atoms with Crippen LogP contribution >= 0.6 is 0 Å². The van der Waals surface area contributed by atoms with Crippen LogP contribution in [0.5, 0.6) is 0 Å². The van der Waals surface area contributed by atoms with Gasteiger partial charge in [0.2, 0.25) is 5.91 Å². The zero-order valence-corrected chi connectivity index (χ0v) is 26.3. The van der Waals surface area contributed by atoms with Crippen molar-refractivity contribution in [1.29, 1.82) is 0 Å². The molecule has 7 heteroatoms. The van der Waals surface area contributed by atoms with Gasteiger partial charge >= 0.3 is 0 Å². The molecule has 1 saturated heterocycles. The highest BCUT2D eigenvalue weighted by atomic mass is 16.2. The van der Waals surface area contributed by atoms with Crippen LogP contribution in [0.15, 0.2) is 84.9 Å². The molecule has 1 fully saturated rings. The quantitative estimate of drug-likeness (QED) is 0.151. The van der Waals surface area contributed by atoms with E-state index in [2.05, 4.69) is 19.0 Å². The minimum Gasteiger partial charge on any atom is -0.369 e. The summed E-state index contributed by atoms with van der Waals surface area (Å²) >= 11 is 0. The van der Waals surface area contributed by atoms with Crippen molar-refractivity contribution in [2.24, 2.45) is 11.7 Å². The highest BCUT2D eigenvalue weighted by Crippen LogP contribution is 2.43. The van der Waals surface area contributed by atoms with Gasteiger partial charge in [0, 0.05) is 6.54 Å². The molecule has 0 radical (unpaired) electrons. The number of likely N-dealkylation sites (N-methyl/N-ethyl adjacent to an activating group) is 1. The zero-order valence-electron chi connectivity index (χ0n) is 26.3. The van der Waals surface area contributed by atoms with Gasteiger partial charge in [-0.1, -0.05) is 85.6 Å². The van der Waals surface area contributed by atoms with Crippen molar-refractivity contribution in [2.45, 2.75) is 43.9 Å². The number of carbonyl (C=O) groups is 3. The van der Waals surface area contributed by atoms with Gasteiger partial charge in [0.25, 0.3) is 11.8 Å². The molecule has 5 rings (SSSR count). The lowest BCUT2D eigenvalue weighted by Crippen LogP contribution is -2.49. The number of hydrogen-bond acceptors (Lipinski definition) is 4. The second kappa shape index (κ2) is 13.9. The summed E-state index contributed by atoms with van der Waals surface area (Å²) in [5.74, 6) is -0.484. The first-order valence-electron chi connectivity index (χ1n) is 16.1. The molecule has 2 N–H and O–H groups in total. The summed E-state index contributed by atoms with van der Waals surface area (Å²) in [5.41, 5.74) is 8.42. The Morgan fingerprint density at radius 1 is 0.750 bits per heavy atom. The van der Waals surface area contributed by atoms with Crippen molar-refractivity contribution in [3.8, 4) is 0 Å². The van der Waals surface area contributed by atoms with E-state index in [-0.39, 0.29) is 23.6 Å².